The number of carbonyl (C=O) groups excluding carboxylic acids is 1. The van der Waals surface area contributed by atoms with Crippen LogP contribution in [0.3, 0.4) is 0 Å². The molecule has 5 heteroatoms. The Labute approximate surface area is 316 Å². The fourth-order valence-corrected chi connectivity index (χ4v) is 11.1. The van der Waals surface area contributed by atoms with Gasteiger partial charge < -0.3 is 8.85 Å². The molecule has 5 atom stereocenters. The van der Waals surface area contributed by atoms with Crippen LogP contribution in [0.2, 0.25) is 36.3 Å². The lowest BCUT2D eigenvalue weighted by molar-refractivity contribution is -0.123. The third kappa shape index (κ3) is 9.30. The first-order valence-electron chi connectivity index (χ1n) is 20.1. The number of ketones is 1. The van der Waals surface area contributed by atoms with Crippen molar-refractivity contribution in [3.8, 4) is 0 Å². The Hall–Kier alpha value is -1.80. The normalized spacial score (nSPS) is 27.5. The molecule has 3 nitrogen and oxygen atoms in total. The van der Waals surface area contributed by atoms with Crippen LogP contribution in [0.4, 0.5) is 0 Å². The Morgan fingerprint density at radius 1 is 0.961 bits per heavy atom. The van der Waals surface area contributed by atoms with Crippen molar-refractivity contribution < 1.29 is 13.6 Å². The van der Waals surface area contributed by atoms with Crippen LogP contribution in [-0.2, 0) is 19.1 Å². The summed E-state index contributed by atoms with van der Waals surface area (Å²) < 4.78 is 14.2. The Kier molecular flexibility index (Phi) is 12.8. The van der Waals surface area contributed by atoms with Gasteiger partial charge >= 0.3 is 0 Å². The molecule has 0 bridgehead atoms. The van der Waals surface area contributed by atoms with Crippen molar-refractivity contribution in [2.75, 3.05) is 0 Å². The van der Waals surface area contributed by atoms with Crippen molar-refractivity contribution in [3.63, 3.8) is 0 Å². The number of benzene rings is 1. The highest BCUT2D eigenvalue weighted by Gasteiger charge is 2.47. The van der Waals surface area contributed by atoms with Gasteiger partial charge in [0.05, 0.1) is 12.2 Å². The molecule has 1 aromatic carbocycles. The van der Waals surface area contributed by atoms with Gasteiger partial charge in [-0.25, -0.2) is 0 Å². The first-order valence-corrected chi connectivity index (χ1v) is 26.0. The number of hydrogen-bond donors (Lipinski definition) is 0. The molecule has 0 aliphatic heterocycles. The molecule has 0 radical (unpaired) electrons. The average molecular weight is 731 g/mol. The summed E-state index contributed by atoms with van der Waals surface area (Å²) in [6, 6.07) is 10.3. The molecule has 0 N–H and O–H groups in total. The molecule has 51 heavy (non-hydrogen) atoms. The maximum Gasteiger partial charge on any atom is 0.192 e. The lowest BCUT2D eigenvalue weighted by Gasteiger charge is -2.45. The predicted molar refractivity (Wildman–Crippen MR) is 224 cm³/mol. The van der Waals surface area contributed by atoms with Crippen molar-refractivity contribution >= 4 is 22.4 Å². The molecule has 0 spiro atoms. The third-order valence-electron chi connectivity index (χ3n) is 14.1. The average Bonchev–Trinajstić information content (AvgIpc) is 3.38. The van der Waals surface area contributed by atoms with E-state index in [0.717, 1.165) is 43.2 Å². The third-order valence-corrected chi connectivity index (χ3v) is 23.1. The van der Waals surface area contributed by atoms with Gasteiger partial charge in [0, 0.05) is 18.3 Å². The molecular formula is C46H74O3Si2. The monoisotopic (exact) mass is 731 g/mol. The quantitative estimate of drug-likeness (QED) is 0.159. The lowest BCUT2D eigenvalue weighted by atomic mass is 9.62. The van der Waals surface area contributed by atoms with Gasteiger partial charge in [0.1, 0.15) is 5.78 Å². The summed E-state index contributed by atoms with van der Waals surface area (Å²) in [5, 5.41) is 0.297. The molecule has 4 rings (SSSR count). The Balaban J connectivity index is 1.50. The maximum atomic E-state index is 13.3. The molecule has 1 aromatic rings. The van der Waals surface area contributed by atoms with Crippen molar-refractivity contribution in [1.29, 1.82) is 0 Å². The summed E-state index contributed by atoms with van der Waals surface area (Å²) in [5.74, 6) is 1.39. The van der Waals surface area contributed by atoms with Crippen LogP contribution in [0.1, 0.15) is 133 Å². The van der Waals surface area contributed by atoms with Crippen molar-refractivity contribution in [2.45, 2.75) is 181 Å². The minimum Gasteiger partial charge on any atom is -0.413 e. The van der Waals surface area contributed by atoms with E-state index in [9.17, 15) is 4.79 Å². The zero-order valence-corrected chi connectivity index (χ0v) is 37.2. The smallest absolute Gasteiger partial charge is 0.192 e. The second-order valence-electron chi connectivity index (χ2n) is 20.2. The molecule has 0 saturated heterocycles. The van der Waals surface area contributed by atoms with Gasteiger partial charge in [-0.1, -0.05) is 122 Å². The van der Waals surface area contributed by atoms with Gasteiger partial charge in [-0.05, 0) is 129 Å². The number of hydrogen-bond acceptors (Lipinski definition) is 3. The predicted octanol–water partition coefficient (Wildman–Crippen LogP) is 13.5. The molecular weight excluding hydrogens is 657 g/mol. The van der Waals surface area contributed by atoms with Gasteiger partial charge in [0.15, 0.2) is 16.6 Å². The molecule has 284 valence electrons. The standard InChI is InChI=1S/C46H74O3Si2/c1-33(21-19-25-42(47)45(9,10)37-23-17-16-18-24-37)39-28-29-40-35(22-20-30-46(39,40)11)26-27-36-31-38(48-50(12,13)43(3,4)5)32-41(34(36)2)49-51(14,15)44(6,7)8/h16-18,23-24,26-28,33,38,40-41H,2,19-22,25,29-32H2,1,3-15H3/b35-26+,36-27-/t33-,38-,40+,41+,46-/m1/s1. The van der Waals surface area contributed by atoms with Gasteiger partial charge in [-0.15, -0.1) is 0 Å². The molecule has 3 aliphatic carbocycles. The summed E-state index contributed by atoms with van der Waals surface area (Å²) in [5.41, 5.74) is 6.57. The zero-order chi connectivity index (χ0) is 38.2. The number of rotatable bonds is 12. The van der Waals surface area contributed by atoms with Crippen LogP contribution < -0.4 is 0 Å². The van der Waals surface area contributed by atoms with Crippen LogP contribution in [-0.4, -0.2) is 34.6 Å². The molecule has 0 amide bonds. The van der Waals surface area contributed by atoms with Crippen LogP contribution in [0.5, 0.6) is 0 Å². The van der Waals surface area contributed by atoms with Crippen LogP contribution in [0.15, 0.2) is 77.4 Å². The van der Waals surface area contributed by atoms with E-state index in [1.54, 1.807) is 11.1 Å². The highest BCUT2D eigenvalue weighted by atomic mass is 28.4. The van der Waals surface area contributed by atoms with Crippen molar-refractivity contribution in [1.82, 2.24) is 0 Å². The number of Topliss-reactive ketones (excluding diaryl/α,β-unsaturated/α-hetero) is 1. The Morgan fingerprint density at radius 2 is 1.57 bits per heavy atom. The molecule has 3 aliphatic rings. The second-order valence-corrected chi connectivity index (χ2v) is 29.7. The van der Waals surface area contributed by atoms with Crippen LogP contribution in [0.25, 0.3) is 0 Å². The van der Waals surface area contributed by atoms with E-state index in [4.69, 9.17) is 15.4 Å². The molecule has 2 fully saturated rings. The van der Waals surface area contributed by atoms with Crippen LogP contribution in [0, 0.1) is 17.3 Å². The number of carbonyl (C=O) groups is 1. The van der Waals surface area contributed by atoms with E-state index in [1.165, 1.54) is 24.8 Å². The summed E-state index contributed by atoms with van der Waals surface area (Å²) in [7, 11) is -3.96. The summed E-state index contributed by atoms with van der Waals surface area (Å²) in [4.78, 5) is 13.3. The topological polar surface area (TPSA) is 35.5 Å². The number of fused-ring (bicyclic) bond motifs is 1. The van der Waals surface area contributed by atoms with E-state index in [2.05, 4.69) is 126 Å². The van der Waals surface area contributed by atoms with Crippen molar-refractivity contribution in [2.24, 2.45) is 17.3 Å². The summed E-state index contributed by atoms with van der Waals surface area (Å²) >= 11 is 0. The van der Waals surface area contributed by atoms with E-state index < -0.39 is 22.0 Å². The summed E-state index contributed by atoms with van der Waals surface area (Å²) in [6.07, 6.45) is 16.8. The zero-order valence-electron chi connectivity index (χ0n) is 35.2. The van der Waals surface area contributed by atoms with Crippen LogP contribution >= 0.6 is 0 Å². The van der Waals surface area contributed by atoms with Gasteiger partial charge in [-0.3, -0.25) is 4.79 Å². The largest absolute Gasteiger partial charge is 0.413 e. The van der Waals surface area contributed by atoms with Gasteiger partial charge in [0.25, 0.3) is 0 Å². The van der Waals surface area contributed by atoms with E-state index in [-0.39, 0.29) is 27.7 Å². The fraction of sp³-hybridized carbons (Fsp3) is 0.674. The molecule has 0 unspecified atom stereocenters. The van der Waals surface area contributed by atoms with Crippen molar-refractivity contribution in [3.05, 3.63) is 83.0 Å². The molecule has 2 saturated carbocycles. The van der Waals surface area contributed by atoms with Gasteiger partial charge in [-0.2, -0.15) is 0 Å². The lowest BCUT2D eigenvalue weighted by Crippen LogP contribution is -2.49. The molecule has 0 heterocycles. The minimum absolute atomic E-state index is 0.00132. The van der Waals surface area contributed by atoms with E-state index >= 15 is 0 Å². The van der Waals surface area contributed by atoms with Gasteiger partial charge in [0.2, 0.25) is 0 Å². The second kappa shape index (κ2) is 15.5. The Morgan fingerprint density at radius 3 is 2.18 bits per heavy atom. The van der Waals surface area contributed by atoms with E-state index in [0.29, 0.717) is 24.0 Å². The number of allylic oxidation sites excluding steroid dienone is 5. The SMILES string of the molecule is C=C1/C(=C\C=C2/CCC[C@]3(C)C([C@H](C)CCCC(=O)C(C)(C)c4ccccc4)=CC[C@@H]23)C[C@@H](O[Si](C)(C)C(C)(C)C)C[C@@H]1O[Si](C)(C)C(C)(C)C. The highest BCUT2D eigenvalue weighted by Crippen LogP contribution is 2.57. The Bertz CT molecular complexity index is 1500. The molecule has 0 aromatic heterocycles. The van der Waals surface area contributed by atoms with E-state index in [1.807, 2.05) is 18.2 Å². The first-order chi connectivity index (χ1) is 23.4. The highest BCUT2D eigenvalue weighted by molar-refractivity contribution is 6.74. The first kappa shape index (κ1) is 42.0. The minimum atomic E-state index is -2.00. The summed E-state index contributed by atoms with van der Waals surface area (Å²) in [6.45, 7) is 37.3. The fourth-order valence-electron chi connectivity index (χ4n) is 8.43. The maximum absolute atomic E-state index is 13.3.